The second-order valence-corrected chi connectivity index (χ2v) is 1.94. The number of hydrogen-bond donors (Lipinski definition) is 0. The number of aldehydes is 1. The molecule has 0 unspecified atom stereocenters. The van der Waals surface area contributed by atoms with Crippen LogP contribution in [0.4, 0.5) is 0 Å². The van der Waals surface area contributed by atoms with Crippen molar-refractivity contribution < 1.29 is 14.3 Å². The number of methoxy groups -OCH3 is 2. The molecule has 0 aromatic carbocycles. The molecule has 64 valence electrons. The maximum atomic E-state index is 10.3. The van der Waals surface area contributed by atoms with Gasteiger partial charge in [-0.2, -0.15) is 9.97 Å². The lowest BCUT2D eigenvalue weighted by Gasteiger charge is -2.01. The van der Waals surface area contributed by atoms with Gasteiger partial charge in [0.25, 0.3) is 0 Å². The maximum Gasteiger partial charge on any atom is 0.320 e. The van der Waals surface area contributed by atoms with Crippen LogP contribution >= 0.6 is 0 Å². The minimum atomic E-state index is 0.122. The van der Waals surface area contributed by atoms with Crippen LogP contribution in [0.5, 0.6) is 11.9 Å². The van der Waals surface area contributed by atoms with E-state index in [9.17, 15) is 4.79 Å². The van der Waals surface area contributed by atoms with Gasteiger partial charge in [-0.05, 0) is 0 Å². The predicted molar refractivity (Wildman–Crippen MR) is 40.5 cm³/mol. The molecule has 5 nitrogen and oxygen atoms in total. The first-order valence-electron chi connectivity index (χ1n) is 3.22. The molecule has 0 saturated heterocycles. The summed E-state index contributed by atoms with van der Waals surface area (Å²) >= 11 is 0. The number of aromatic nitrogens is 2. The Morgan fingerprint density at radius 2 is 2.08 bits per heavy atom. The number of carbonyl (C=O) groups excluding carboxylic acids is 1. The topological polar surface area (TPSA) is 61.3 Å². The predicted octanol–water partition coefficient (Wildman–Crippen LogP) is 0.306. The van der Waals surface area contributed by atoms with Crippen LogP contribution in [0, 0.1) is 0 Å². The van der Waals surface area contributed by atoms with Crippen LogP contribution in [0.15, 0.2) is 6.07 Å². The molecule has 0 amide bonds. The molecule has 0 aliphatic rings. The number of hydrogen-bond acceptors (Lipinski definition) is 5. The summed E-state index contributed by atoms with van der Waals surface area (Å²) in [4.78, 5) is 17.9. The van der Waals surface area contributed by atoms with Gasteiger partial charge in [0.1, 0.15) is 5.69 Å². The van der Waals surface area contributed by atoms with Crippen molar-refractivity contribution in [3.8, 4) is 11.9 Å². The fourth-order valence-electron chi connectivity index (χ4n) is 0.677. The lowest BCUT2D eigenvalue weighted by atomic mass is 10.4. The van der Waals surface area contributed by atoms with E-state index in [1.807, 2.05) is 0 Å². The highest BCUT2D eigenvalue weighted by Gasteiger charge is 2.02. The van der Waals surface area contributed by atoms with Gasteiger partial charge in [-0.3, -0.25) is 4.79 Å². The Balaban J connectivity index is 3.09. The van der Waals surface area contributed by atoms with Gasteiger partial charge < -0.3 is 9.47 Å². The first-order chi connectivity index (χ1) is 5.80. The minimum absolute atomic E-state index is 0.122. The fourth-order valence-corrected chi connectivity index (χ4v) is 0.677. The zero-order valence-corrected chi connectivity index (χ0v) is 6.77. The van der Waals surface area contributed by atoms with Crippen molar-refractivity contribution in [3.63, 3.8) is 0 Å². The summed E-state index contributed by atoms with van der Waals surface area (Å²) in [7, 11) is 2.87. The Bertz CT molecular complexity index is 266. The molecule has 1 aromatic heterocycles. The molecule has 0 atom stereocenters. The van der Waals surface area contributed by atoms with E-state index >= 15 is 0 Å². The van der Waals surface area contributed by atoms with Crippen molar-refractivity contribution >= 4 is 6.29 Å². The van der Waals surface area contributed by atoms with E-state index in [-0.39, 0.29) is 11.7 Å². The summed E-state index contributed by atoms with van der Waals surface area (Å²) < 4.78 is 9.55. The molecule has 1 heterocycles. The summed E-state index contributed by atoms with van der Waals surface area (Å²) in [6.07, 6.45) is 0.604. The van der Waals surface area contributed by atoms with Crippen LogP contribution in [-0.2, 0) is 0 Å². The molecular weight excluding hydrogens is 160 g/mol. The van der Waals surface area contributed by atoms with E-state index in [1.165, 1.54) is 20.3 Å². The molecule has 1 aromatic rings. The average Bonchev–Trinajstić information content (AvgIpc) is 2.16. The number of nitrogens with zero attached hydrogens (tertiary/aromatic N) is 2. The molecule has 0 radical (unpaired) electrons. The van der Waals surface area contributed by atoms with Crippen molar-refractivity contribution in [2.24, 2.45) is 0 Å². The third kappa shape index (κ3) is 1.69. The molecule has 1 rings (SSSR count). The lowest BCUT2D eigenvalue weighted by Crippen LogP contribution is -1.98. The maximum absolute atomic E-state index is 10.3. The highest BCUT2D eigenvalue weighted by atomic mass is 16.5. The number of carbonyl (C=O) groups is 1. The zero-order chi connectivity index (χ0) is 8.97. The van der Waals surface area contributed by atoms with E-state index in [4.69, 9.17) is 9.47 Å². The van der Waals surface area contributed by atoms with Crippen LogP contribution in [0.3, 0.4) is 0 Å². The average molecular weight is 168 g/mol. The van der Waals surface area contributed by atoms with Gasteiger partial charge in [0.05, 0.1) is 14.2 Å². The Labute approximate surface area is 69.4 Å². The molecule has 0 N–H and O–H groups in total. The highest BCUT2D eigenvalue weighted by Crippen LogP contribution is 2.11. The summed E-state index contributed by atoms with van der Waals surface area (Å²) in [5.74, 6) is 0.309. The van der Waals surface area contributed by atoms with E-state index in [0.29, 0.717) is 12.2 Å². The van der Waals surface area contributed by atoms with Gasteiger partial charge in [0.15, 0.2) is 6.29 Å². The van der Waals surface area contributed by atoms with Gasteiger partial charge >= 0.3 is 6.01 Å². The van der Waals surface area contributed by atoms with Crippen LogP contribution < -0.4 is 9.47 Å². The molecule has 5 heteroatoms. The second-order valence-electron chi connectivity index (χ2n) is 1.94. The van der Waals surface area contributed by atoms with Gasteiger partial charge in [-0.1, -0.05) is 0 Å². The van der Waals surface area contributed by atoms with Gasteiger partial charge in [-0.15, -0.1) is 0 Å². The molecule has 0 bridgehead atoms. The lowest BCUT2D eigenvalue weighted by molar-refractivity contribution is 0.111. The normalized spacial score (nSPS) is 9.17. The van der Waals surface area contributed by atoms with Crippen LogP contribution in [0.1, 0.15) is 10.5 Å². The van der Waals surface area contributed by atoms with Crippen LogP contribution in [0.2, 0.25) is 0 Å². The first kappa shape index (κ1) is 8.45. The van der Waals surface area contributed by atoms with Crippen molar-refractivity contribution in [1.82, 2.24) is 9.97 Å². The molecule has 12 heavy (non-hydrogen) atoms. The van der Waals surface area contributed by atoms with Crippen molar-refractivity contribution in [2.45, 2.75) is 0 Å². The largest absolute Gasteiger partial charge is 0.481 e. The standard InChI is InChI=1S/C7H8N2O3/c1-11-6-3-5(4-10)8-7(9-6)12-2/h3-4H,1-2H3. The van der Waals surface area contributed by atoms with E-state index in [0.717, 1.165) is 0 Å². The summed E-state index contributed by atoms with van der Waals surface area (Å²) in [6, 6.07) is 1.55. The van der Waals surface area contributed by atoms with E-state index in [1.54, 1.807) is 0 Å². The highest BCUT2D eigenvalue weighted by molar-refractivity contribution is 5.72. The quantitative estimate of drug-likeness (QED) is 0.607. The molecule has 0 aliphatic carbocycles. The monoisotopic (exact) mass is 168 g/mol. The van der Waals surface area contributed by atoms with Crippen LogP contribution in [-0.4, -0.2) is 30.5 Å². The minimum Gasteiger partial charge on any atom is -0.481 e. The number of ether oxygens (including phenoxy) is 2. The smallest absolute Gasteiger partial charge is 0.320 e. The Hall–Kier alpha value is -1.65. The Morgan fingerprint density at radius 1 is 1.33 bits per heavy atom. The molecule has 0 spiro atoms. The van der Waals surface area contributed by atoms with E-state index in [2.05, 4.69) is 9.97 Å². The van der Waals surface area contributed by atoms with E-state index < -0.39 is 0 Å². The third-order valence-electron chi connectivity index (χ3n) is 1.21. The Morgan fingerprint density at radius 3 is 2.58 bits per heavy atom. The summed E-state index contributed by atoms with van der Waals surface area (Å²) in [6.45, 7) is 0. The van der Waals surface area contributed by atoms with Crippen molar-refractivity contribution in [2.75, 3.05) is 14.2 Å². The molecule has 0 aliphatic heterocycles. The van der Waals surface area contributed by atoms with Gasteiger partial charge in [0, 0.05) is 6.07 Å². The number of rotatable bonds is 3. The second kappa shape index (κ2) is 3.66. The SMILES string of the molecule is COc1cc(C=O)nc(OC)n1. The first-order valence-corrected chi connectivity index (χ1v) is 3.22. The van der Waals surface area contributed by atoms with Gasteiger partial charge in [-0.25, -0.2) is 0 Å². The molecule has 0 saturated carbocycles. The van der Waals surface area contributed by atoms with Crippen molar-refractivity contribution in [3.05, 3.63) is 11.8 Å². The van der Waals surface area contributed by atoms with Crippen LogP contribution in [0.25, 0.3) is 0 Å². The van der Waals surface area contributed by atoms with Gasteiger partial charge in [0.2, 0.25) is 5.88 Å². The fraction of sp³-hybridized carbons (Fsp3) is 0.286. The third-order valence-corrected chi connectivity index (χ3v) is 1.21. The summed E-state index contributed by atoms with van der Waals surface area (Å²) in [5, 5.41) is 0. The zero-order valence-electron chi connectivity index (χ0n) is 6.77. The van der Waals surface area contributed by atoms with Crippen molar-refractivity contribution in [1.29, 1.82) is 0 Å². The molecule has 0 fully saturated rings. The molecular formula is C7H8N2O3. The summed E-state index contributed by atoms with van der Waals surface area (Å²) in [5.41, 5.74) is 0.235. The Kier molecular flexibility index (Phi) is 2.57.